The Bertz CT molecular complexity index is 629. The summed E-state index contributed by atoms with van der Waals surface area (Å²) in [5, 5.41) is 3.18. The third-order valence-corrected chi connectivity index (χ3v) is 5.37. The Balaban J connectivity index is 1.96. The van der Waals surface area contributed by atoms with Gasteiger partial charge in [0.2, 0.25) is 0 Å². The van der Waals surface area contributed by atoms with Gasteiger partial charge in [0.15, 0.2) is 0 Å². The topological polar surface area (TPSA) is 48.1 Å². The lowest BCUT2D eigenvalue weighted by Crippen LogP contribution is -2.38. The molecule has 3 nitrogen and oxygen atoms in total. The van der Waals surface area contributed by atoms with Crippen LogP contribution in [0.25, 0.3) is 11.3 Å². The average Bonchev–Trinajstić information content (AvgIpc) is 2.98. The van der Waals surface area contributed by atoms with Gasteiger partial charge in [-0.25, -0.2) is 4.98 Å². The SMILES string of the molecule is COc1ccc(C)cc1-c1csc(C2(N)CCCCC2)n1. The van der Waals surface area contributed by atoms with Crippen LogP contribution in [0.4, 0.5) is 0 Å². The molecule has 0 atom stereocenters. The molecule has 1 aromatic carbocycles. The first kappa shape index (κ1) is 14.5. The number of nitrogens with two attached hydrogens (primary N) is 1. The van der Waals surface area contributed by atoms with Gasteiger partial charge in [-0.05, 0) is 31.9 Å². The van der Waals surface area contributed by atoms with E-state index in [0.717, 1.165) is 34.9 Å². The molecule has 4 heteroatoms. The lowest BCUT2D eigenvalue weighted by Gasteiger charge is -2.31. The maximum absolute atomic E-state index is 6.59. The second-order valence-electron chi connectivity index (χ2n) is 5.96. The molecule has 21 heavy (non-hydrogen) atoms. The smallest absolute Gasteiger partial charge is 0.128 e. The number of hydrogen-bond acceptors (Lipinski definition) is 4. The van der Waals surface area contributed by atoms with Crippen molar-refractivity contribution in [3.63, 3.8) is 0 Å². The molecule has 1 heterocycles. The number of ether oxygens (including phenoxy) is 1. The van der Waals surface area contributed by atoms with Crippen molar-refractivity contribution < 1.29 is 4.74 Å². The van der Waals surface area contributed by atoms with Gasteiger partial charge >= 0.3 is 0 Å². The molecule has 2 aromatic rings. The lowest BCUT2D eigenvalue weighted by molar-refractivity contribution is 0.301. The van der Waals surface area contributed by atoms with Crippen LogP contribution in [0.1, 0.15) is 42.7 Å². The molecular formula is C17H22N2OS. The first-order valence-electron chi connectivity index (χ1n) is 7.52. The number of aromatic nitrogens is 1. The molecule has 0 unspecified atom stereocenters. The third-order valence-electron chi connectivity index (χ3n) is 4.31. The highest BCUT2D eigenvalue weighted by atomic mass is 32.1. The van der Waals surface area contributed by atoms with Crippen molar-refractivity contribution in [3.05, 3.63) is 34.2 Å². The van der Waals surface area contributed by atoms with Crippen LogP contribution in [0.15, 0.2) is 23.6 Å². The first-order valence-corrected chi connectivity index (χ1v) is 8.40. The Morgan fingerprint density at radius 1 is 1.24 bits per heavy atom. The minimum absolute atomic E-state index is 0.224. The molecule has 1 aliphatic rings. The summed E-state index contributed by atoms with van der Waals surface area (Å²) in [5.41, 5.74) is 9.61. The van der Waals surface area contributed by atoms with Crippen LogP contribution in [0.2, 0.25) is 0 Å². The molecule has 1 saturated carbocycles. The van der Waals surface area contributed by atoms with Crippen LogP contribution < -0.4 is 10.5 Å². The summed E-state index contributed by atoms with van der Waals surface area (Å²) >= 11 is 1.68. The number of aryl methyl sites for hydroxylation is 1. The van der Waals surface area contributed by atoms with Crippen molar-refractivity contribution in [2.45, 2.75) is 44.6 Å². The van der Waals surface area contributed by atoms with Crippen LogP contribution in [-0.2, 0) is 5.54 Å². The van der Waals surface area contributed by atoms with Crippen molar-refractivity contribution in [2.24, 2.45) is 5.73 Å². The molecule has 0 amide bonds. The van der Waals surface area contributed by atoms with E-state index >= 15 is 0 Å². The quantitative estimate of drug-likeness (QED) is 0.922. The van der Waals surface area contributed by atoms with E-state index in [9.17, 15) is 0 Å². The van der Waals surface area contributed by atoms with Gasteiger partial charge in [0.1, 0.15) is 10.8 Å². The van der Waals surface area contributed by atoms with E-state index in [2.05, 4.69) is 24.4 Å². The van der Waals surface area contributed by atoms with E-state index in [0.29, 0.717) is 0 Å². The molecule has 0 spiro atoms. The molecule has 0 radical (unpaired) electrons. The van der Waals surface area contributed by atoms with Gasteiger partial charge in [0.25, 0.3) is 0 Å². The summed E-state index contributed by atoms with van der Waals surface area (Å²) in [4.78, 5) is 4.84. The molecule has 1 aliphatic carbocycles. The summed E-state index contributed by atoms with van der Waals surface area (Å²) in [6.45, 7) is 2.09. The van der Waals surface area contributed by atoms with Crippen molar-refractivity contribution in [1.29, 1.82) is 0 Å². The zero-order valence-electron chi connectivity index (χ0n) is 12.7. The monoisotopic (exact) mass is 302 g/mol. The summed E-state index contributed by atoms with van der Waals surface area (Å²) in [7, 11) is 1.70. The highest BCUT2D eigenvalue weighted by molar-refractivity contribution is 7.10. The van der Waals surface area contributed by atoms with Gasteiger partial charge in [0, 0.05) is 10.9 Å². The van der Waals surface area contributed by atoms with E-state index < -0.39 is 0 Å². The first-order chi connectivity index (χ1) is 10.1. The second kappa shape index (κ2) is 5.78. The van der Waals surface area contributed by atoms with Crippen molar-refractivity contribution in [1.82, 2.24) is 4.98 Å². The third kappa shape index (κ3) is 2.83. The Labute approximate surface area is 130 Å². The Morgan fingerprint density at radius 2 is 2.00 bits per heavy atom. The highest BCUT2D eigenvalue weighted by Gasteiger charge is 2.32. The van der Waals surface area contributed by atoms with Crippen molar-refractivity contribution in [3.8, 4) is 17.0 Å². The van der Waals surface area contributed by atoms with Crippen LogP contribution in [0.5, 0.6) is 5.75 Å². The number of methoxy groups -OCH3 is 1. The molecule has 0 aliphatic heterocycles. The summed E-state index contributed by atoms with van der Waals surface area (Å²) < 4.78 is 5.47. The number of hydrogen-bond donors (Lipinski definition) is 1. The van der Waals surface area contributed by atoms with E-state index in [1.54, 1.807) is 18.4 Å². The van der Waals surface area contributed by atoms with E-state index in [1.165, 1.54) is 24.8 Å². The molecule has 1 fully saturated rings. The Morgan fingerprint density at radius 3 is 2.71 bits per heavy atom. The van der Waals surface area contributed by atoms with Gasteiger partial charge in [-0.3, -0.25) is 0 Å². The van der Waals surface area contributed by atoms with Crippen LogP contribution >= 0.6 is 11.3 Å². The predicted octanol–water partition coefficient (Wildman–Crippen LogP) is 4.25. The number of thiazole rings is 1. The van der Waals surface area contributed by atoms with E-state index in [4.69, 9.17) is 15.5 Å². The molecule has 112 valence electrons. The van der Waals surface area contributed by atoms with Gasteiger partial charge < -0.3 is 10.5 Å². The zero-order valence-corrected chi connectivity index (χ0v) is 13.5. The van der Waals surface area contributed by atoms with Crippen molar-refractivity contribution in [2.75, 3.05) is 7.11 Å². The fourth-order valence-corrected chi connectivity index (χ4v) is 4.04. The summed E-state index contributed by atoms with van der Waals surface area (Å²) in [6, 6.07) is 6.19. The minimum atomic E-state index is -0.224. The Hall–Kier alpha value is -1.39. The van der Waals surface area contributed by atoms with Gasteiger partial charge in [0.05, 0.1) is 18.3 Å². The van der Waals surface area contributed by atoms with E-state index in [1.807, 2.05) is 6.07 Å². The molecule has 0 bridgehead atoms. The molecular weight excluding hydrogens is 280 g/mol. The minimum Gasteiger partial charge on any atom is -0.496 e. The molecule has 3 rings (SSSR count). The number of nitrogens with zero attached hydrogens (tertiary/aromatic N) is 1. The molecule has 2 N–H and O–H groups in total. The fourth-order valence-electron chi connectivity index (χ4n) is 3.04. The summed E-state index contributed by atoms with van der Waals surface area (Å²) in [5.74, 6) is 0.868. The molecule has 0 saturated heterocycles. The van der Waals surface area contributed by atoms with Gasteiger partial charge in [-0.15, -0.1) is 11.3 Å². The normalized spacial score (nSPS) is 17.7. The average molecular weight is 302 g/mol. The Kier molecular flexibility index (Phi) is 4.00. The van der Waals surface area contributed by atoms with E-state index in [-0.39, 0.29) is 5.54 Å². The summed E-state index contributed by atoms with van der Waals surface area (Å²) in [6.07, 6.45) is 5.80. The highest BCUT2D eigenvalue weighted by Crippen LogP contribution is 2.39. The maximum Gasteiger partial charge on any atom is 0.128 e. The zero-order chi connectivity index (χ0) is 14.9. The predicted molar refractivity (Wildman–Crippen MR) is 87.8 cm³/mol. The second-order valence-corrected chi connectivity index (χ2v) is 6.82. The van der Waals surface area contributed by atoms with Crippen LogP contribution in [0.3, 0.4) is 0 Å². The standard InChI is InChI=1S/C17H22N2OS/c1-12-6-7-15(20-2)13(10-12)14-11-21-16(19-14)17(18)8-4-3-5-9-17/h6-7,10-11H,3-5,8-9,18H2,1-2H3. The van der Waals surface area contributed by atoms with Crippen LogP contribution in [0, 0.1) is 6.92 Å². The van der Waals surface area contributed by atoms with Crippen molar-refractivity contribution >= 4 is 11.3 Å². The lowest BCUT2D eigenvalue weighted by atomic mass is 9.83. The number of rotatable bonds is 3. The maximum atomic E-state index is 6.59. The van der Waals surface area contributed by atoms with Gasteiger partial charge in [-0.1, -0.05) is 30.9 Å². The molecule has 1 aromatic heterocycles. The fraction of sp³-hybridized carbons (Fsp3) is 0.471. The van der Waals surface area contributed by atoms with Gasteiger partial charge in [-0.2, -0.15) is 0 Å². The largest absolute Gasteiger partial charge is 0.496 e. The van der Waals surface area contributed by atoms with Crippen LogP contribution in [-0.4, -0.2) is 12.1 Å². The number of benzene rings is 1.